The van der Waals surface area contributed by atoms with Crippen LogP contribution in [0.1, 0.15) is 25.8 Å². The highest BCUT2D eigenvalue weighted by Crippen LogP contribution is 2.32. The quantitative estimate of drug-likeness (QED) is 0.362. The summed E-state index contributed by atoms with van der Waals surface area (Å²) in [6.45, 7) is 9.45. The Morgan fingerprint density at radius 2 is 1.97 bits per heavy atom. The molecular formula is C26H33N3O3S2. The number of rotatable bonds is 10. The molecule has 0 radical (unpaired) electrons. The third kappa shape index (κ3) is 6.72. The summed E-state index contributed by atoms with van der Waals surface area (Å²) in [4.78, 5) is 23.8. The Balaban J connectivity index is 1.49. The van der Waals surface area contributed by atoms with Crippen molar-refractivity contribution < 1.29 is 14.3 Å². The lowest BCUT2D eigenvalue weighted by Crippen LogP contribution is -2.39. The first-order valence-electron chi connectivity index (χ1n) is 11.8. The van der Waals surface area contributed by atoms with E-state index in [1.807, 2.05) is 34.9 Å². The van der Waals surface area contributed by atoms with E-state index in [0.29, 0.717) is 18.2 Å². The molecule has 0 atom stereocenters. The van der Waals surface area contributed by atoms with Crippen LogP contribution in [0.3, 0.4) is 0 Å². The van der Waals surface area contributed by atoms with E-state index in [1.54, 1.807) is 18.4 Å². The first-order chi connectivity index (χ1) is 16.5. The molecule has 0 N–H and O–H groups in total. The van der Waals surface area contributed by atoms with Gasteiger partial charge in [0.2, 0.25) is 5.91 Å². The summed E-state index contributed by atoms with van der Waals surface area (Å²) in [5.41, 5.74) is 1.92. The predicted molar refractivity (Wildman–Crippen MR) is 142 cm³/mol. The first kappa shape index (κ1) is 25.0. The van der Waals surface area contributed by atoms with Crippen molar-refractivity contribution in [3.63, 3.8) is 0 Å². The highest BCUT2D eigenvalue weighted by molar-refractivity contribution is 7.99. The summed E-state index contributed by atoms with van der Waals surface area (Å²) in [6, 6.07) is 14.2. The number of carbonyl (C=O) groups is 1. The number of fused-ring (bicyclic) bond motifs is 1. The summed E-state index contributed by atoms with van der Waals surface area (Å²) in [6.07, 6.45) is 1.26. The van der Waals surface area contributed by atoms with Crippen LogP contribution in [0.4, 0.5) is 5.13 Å². The van der Waals surface area contributed by atoms with Gasteiger partial charge in [0.1, 0.15) is 5.75 Å². The molecule has 1 fully saturated rings. The number of aromatic nitrogens is 1. The van der Waals surface area contributed by atoms with Gasteiger partial charge in [-0.3, -0.25) is 14.6 Å². The van der Waals surface area contributed by atoms with Crippen molar-refractivity contribution in [2.45, 2.75) is 36.8 Å². The van der Waals surface area contributed by atoms with Gasteiger partial charge in [-0.05, 0) is 42.3 Å². The molecular weight excluding hydrogens is 466 g/mol. The molecule has 4 rings (SSSR count). The number of methoxy groups -OCH3 is 1. The molecule has 0 bridgehead atoms. The van der Waals surface area contributed by atoms with E-state index in [-0.39, 0.29) is 5.91 Å². The van der Waals surface area contributed by atoms with E-state index in [0.717, 1.165) is 65.9 Å². The Kier molecular flexibility index (Phi) is 8.83. The fourth-order valence-electron chi connectivity index (χ4n) is 3.97. The van der Waals surface area contributed by atoms with E-state index >= 15 is 0 Å². The normalized spacial score (nSPS) is 14.6. The van der Waals surface area contributed by atoms with Crippen LogP contribution in [0.5, 0.6) is 5.75 Å². The zero-order valence-corrected chi connectivity index (χ0v) is 21.8. The van der Waals surface area contributed by atoms with Crippen molar-refractivity contribution in [3.8, 4) is 5.75 Å². The molecule has 0 spiro atoms. The van der Waals surface area contributed by atoms with Crippen molar-refractivity contribution in [1.29, 1.82) is 0 Å². The van der Waals surface area contributed by atoms with Crippen LogP contribution < -0.4 is 9.64 Å². The molecule has 3 aromatic rings. The Morgan fingerprint density at radius 3 is 2.68 bits per heavy atom. The van der Waals surface area contributed by atoms with Gasteiger partial charge in [0, 0.05) is 36.3 Å². The summed E-state index contributed by atoms with van der Waals surface area (Å²) in [5.74, 6) is 0.879. The maximum atomic E-state index is 13.5. The molecule has 182 valence electrons. The van der Waals surface area contributed by atoms with Gasteiger partial charge in [-0.25, -0.2) is 4.98 Å². The monoisotopic (exact) mass is 499 g/mol. The zero-order valence-electron chi connectivity index (χ0n) is 20.2. The molecule has 2 heterocycles. The van der Waals surface area contributed by atoms with Crippen molar-refractivity contribution in [1.82, 2.24) is 9.88 Å². The number of ether oxygens (including phenoxy) is 2. The molecule has 0 saturated carbocycles. The third-order valence-corrected chi connectivity index (χ3v) is 7.78. The van der Waals surface area contributed by atoms with E-state index in [1.165, 1.54) is 4.90 Å². The highest BCUT2D eigenvalue weighted by Gasteiger charge is 2.21. The third-order valence-electron chi connectivity index (χ3n) is 5.73. The molecule has 0 unspecified atom stereocenters. The van der Waals surface area contributed by atoms with Crippen LogP contribution in [0.2, 0.25) is 0 Å². The Morgan fingerprint density at radius 1 is 1.21 bits per heavy atom. The minimum atomic E-state index is 0.0808. The van der Waals surface area contributed by atoms with Gasteiger partial charge in [-0.2, -0.15) is 0 Å². The number of benzene rings is 2. The van der Waals surface area contributed by atoms with Gasteiger partial charge in [0.25, 0.3) is 0 Å². The maximum Gasteiger partial charge on any atom is 0.233 e. The highest BCUT2D eigenvalue weighted by atomic mass is 32.2. The lowest BCUT2D eigenvalue weighted by atomic mass is 10.1. The number of morpholine rings is 1. The number of thioether (sulfide) groups is 1. The molecule has 1 aliphatic rings. The molecule has 1 amide bonds. The minimum Gasteiger partial charge on any atom is -0.497 e. The van der Waals surface area contributed by atoms with Gasteiger partial charge in [0.15, 0.2) is 5.13 Å². The molecule has 1 aromatic heterocycles. The summed E-state index contributed by atoms with van der Waals surface area (Å²) >= 11 is 3.38. The Labute approximate surface area is 210 Å². The van der Waals surface area contributed by atoms with Crippen molar-refractivity contribution >= 4 is 44.4 Å². The van der Waals surface area contributed by atoms with Crippen molar-refractivity contribution in [2.24, 2.45) is 0 Å². The first-order valence-corrected chi connectivity index (χ1v) is 13.5. The van der Waals surface area contributed by atoms with Crippen molar-refractivity contribution in [3.05, 3.63) is 48.0 Å². The molecule has 6 nitrogen and oxygen atoms in total. The van der Waals surface area contributed by atoms with Crippen LogP contribution in [0.25, 0.3) is 10.2 Å². The predicted octanol–water partition coefficient (Wildman–Crippen LogP) is 5.10. The van der Waals surface area contributed by atoms with Crippen LogP contribution in [-0.2, 0) is 16.0 Å². The van der Waals surface area contributed by atoms with E-state index in [4.69, 9.17) is 14.5 Å². The van der Waals surface area contributed by atoms with E-state index in [2.05, 4.69) is 43.0 Å². The summed E-state index contributed by atoms with van der Waals surface area (Å²) in [7, 11) is 1.66. The number of hydrogen-bond acceptors (Lipinski definition) is 7. The second-order valence-corrected chi connectivity index (χ2v) is 11.3. The molecule has 8 heteroatoms. The minimum absolute atomic E-state index is 0.0808. The molecule has 1 aliphatic heterocycles. The number of thiazole rings is 1. The largest absolute Gasteiger partial charge is 0.497 e. The van der Waals surface area contributed by atoms with Gasteiger partial charge in [-0.15, -0.1) is 11.8 Å². The molecule has 1 saturated heterocycles. The number of hydrogen-bond donors (Lipinski definition) is 0. The summed E-state index contributed by atoms with van der Waals surface area (Å²) in [5, 5.41) is 1.29. The molecule has 0 aliphatic carbocycles. The number of nitrogens with zero attached hydrogens (tertiary/aromatic N) is 3. The van der Waals surface area contributed by atoms with Gasteiger partial charge in [-0.1, -0.05) is 37.3 Å². The second-order valence-electron chi connectivity index (χ2n) is 8.67. The van der Waals surface area contributed by atoms with Crippen LogP contribution in [-0.4, -0.2) is 67.5 Å². The topological polar surface area (TPSA) is 54.9 Å². The lowest BCUT2D eigenvalue weighted by Gasteiger charge is -2.27. The maximum absolute atomic E-state index is 13.5. The standard InChI is InChI=1S/C26H33N3O3S2/c1-19(2)33-22-8-5-20(6-9-22)17-25(30)29(12-4-11-28-13-15-32-16-14-28)26-27-23-10-7-21(31-3)18-24(23)34-26/h5-10,18-19H,4,11-17H2,1-3H3. The second kappa shape index (κ2) is 12.0. The smallest absolute Gasteiger partial charge is 0.233 e. The Bertz CT molecular complexity index is 1080. The fourth-order valence-corrected chi connectivity index (χ4v) is 5.84. The SMILES string of the molecule is COc1ccc2nc(N(CCCN3CCOCC3)C(=O)Cc3ccc(SC(C)C)cc3)sc2c1. The van der Waals surface area contributed by atoms with E-state index in [9.17, 15) is 4.79 Å². The molecule has 2 aromatic carbocycles. The number of carbonyl (C=O) groups excluding carboxylic acids is 1. The number of anilines is 1. The van der Waals surface area contributed by atoms with Crippen molar-refractivity contribution in [2.75, 3.05) is 51.4 Å². The van der Waals surface area contributed by atoms with Crippen LogP contribution in [0, 0.1) is 0 Å². The zero-order chi connectivity index (χ0) is 23.9. The van der Waals surface area contributed by atoms with Crippen LogP contribution in [0.15, 0.2) is 47.4 Å². The van der Waals surface area contributed by atoms with Gasteiger partial charge in [0.05, 0.1) is 37.0 Å². The Hall–Kier alpha value is -2.13. The lowest BCUT2D eigenvalue weighted by molar-refractivity contribution is -0.118. The van der Waals surface area contributed by atoms with Crippen LogP contribution >= 0.6 is 23.1 Å². The fraction of sp³-hybridized carbons (Fsp3) is 0.462. The molecule has 34 heavy (non-hydrogen) atoms. The van der Waals surface area contributed by atoms with E-state index < -0.39 is 0 Å². The van der Waals surface area contributed by atoms with Gasteiger partial charge >= 0.3 is 0 Å². The van der Waals surface area contributed by atoms with Gasteiger partial charge < -0.3 is 9.47 Å². The summed E-state index contributed by atoms with van der Waals surface area (Å²) < 4.78 is 11.8. The average Bonchev–Trinajstić information content (AvgIpc) is 3.26. The number of amides is 1. The average molecular weight is 500 g/mol.